The van der Waals surface area contributed by atoms with E-state index in [1.54, 1.807) is 0 Å². The first-order valence-corrected chi connectivity index (χ1v) is 7.54. The number of aromatic nitrogens is 2. The maximum Gasteiger partial charge on any atom is 0.248 e. The van der Waals surface area contributed by atoms with Gasteiger partial charge in [0.2, 0.25) is 5.92 Å². The fourth-order valence-corrected chi connectivity index (χ4v) is 3.28. The average molecular weight is 335 g/mol. The highest BCUT2D eigenvalue weighted by Crippen LogP contribution is 2.40. The van der Waals surface area contributed by atoms with Gasteiger partial charge in [-0.25, -0.2) is 8.78 Å². The molecule has 1 aromatic heterocycles. The van der Waals surface area contributed by atoms with Crippen LogP contribution in [-0.4, -0.2) is 15.7 Å². The zero-order chi connectivity index (χ0) is 14.4. The number of nitrogens with zero attached hydrogens (tertiary/aromatic N) is 2. The number of hydrogen-bond donors (Lipinski definition) is 0. The van der Waals surface area contributed by atoms with Crippen LogP contribution in [0.4, 0.5) is 8.78 Å². The molecule has 0 atom stereocenters. The van der Waals surface area contributed by atoms with E-state index in [1.807, 2.05) is 11.6 Å². The van der Waals surface area contributed by atoms with Gasteiger partial charge in [0.15, 0.2) is 0 Å². The molecule has 0 N–H and O–H groups in total. The van der Waals surface area contributed by atoms with Gasteiger partial charge in [-0.2, -0.15) is 5.10 Å². The molecule has 0 bridgehead atoms. The Kier molecular flexibility index (Phi) is 3.80. The fraction of sp³-hybridized carbons (Fsp3) is 0.786. The SMILES string of the molecule is Cc1c(C(C)(C)C)nn(C2CCC(F)(F)CC2)c1Br. The van der Waals surface area contributed by atoms with Crippen LogP contribution in [0.2, 0.25) is 0 Å². The molecule has 0 aromatic carbocycles. The Labute approximate surface area is 121 Å². The van der Waals surface area contributed by atoms with Crippen molar-refractivity contribution < 1.29 is 8.78 Å². The second-order valence-electron chi connectivity index (χ2n) is 6.55. The van der Waals surface area contributed by atoms with Crippen LogP contribution in [0.15, 0.2) is 4.60 Å². The summed E-state index contributed by atoms with van der Waals surface area (Å²) in [6.07, 6.45) is 0.925. The molecule has 0 saturated heterocycles. The van der Waals surface area contributed by atoms with Crippen molar-refractivity contribution in [1.29, 1.82) is 0 Å². The second kappa shape index (κ2) is 4.83. The molecule has 0 amide bonds. The van der Waals surface area contributed by atoms with Gasteiger partial charge >= 0.3 is 0 Å². The molecule has 1 aromatic rings. The lowest BCUT2D eigenvalue weighted by Gasteiger charge is -2.29. The van der Waals surface area contributed by atoms with Crippen LogP contribution in [0, 0.1) is 6.92 Å². The smallest absolute Gasteiger partial charge is 0.248 e. The van der Waals surface area contributed by atoms with Gasteiger partial charge in [-0.1, -0.05) is 20.8 Å². The fourth-order valence-electron chi connectivity index (χ4n) is 2.72. The Morgan fingerprint density at radius 3 is 2.21 bits per heavy atom. The molecule has 5 heteroatoms. The van der Waals surface area contributed by atoms with Gasteiger partial charge < -0.3 is 0 Å². The predicted molar refractivity (Wildman–Crippen MR) is 75.8 cm³/mol. The zero-order valence-electron chi connectivity index (χ0n) is 11.9. The summed E-state index contributed by atoms with van der Waals surface area (Å²) in [4.78, 5) is 0. The molecule has 0 radical (unpaired) electrons. The molecule has 1 aliphatic rings. The van der Waals surface area contributed by atoms with E-state index in [1.165, 1.54) is 0 Å². The first-order chi connectivity index (χ1) is 8.62. The van der Waals surface area contributed by atoms with Gasteiger partial charge in [0.1, 0.15) is 4.60 Å². The molecule has 1 fully saturated rings. The van der Waals surface area contributed by atoms with Gasteiger partial charge in [0.05, 0.1) is 11.7 Å². The molecule has 2 nitrogen and oxygen atoms in total. The summed E-state index contributed by atoms with van der Waals surface area (Å²) < 4.78 is 29.3. The van der Waals surface area contributed by atoms with E-state index in [4.69, 9.17) is 0 Å². The Bertz CT molecular complexity index is 465. The van der Waals surface area contributed by atoms with E-state index in [9.17, 15) is 8.78 Å². The Hall–Kier alpha value is -0.450. The molecule has 108 valence electrons. The maximum absolute atomic E-state index is 13.2. The highest BCUT2D eigenvalue weighted by Gasteiger charge is 2.37. The van der Waals surface area contributed by atoms with Crippen LogP contribution >= 0.6 is 15.9 Å². The summed E-state index contributed by atoms with van der Waals surface area (Å²) in [5.41, 5.74) is 2.12. The molecule has 1 aliphatic carbocycles. The van der Waals surface area contributed by atoms with Crippen molar-refractivity contribution in [3.8, 4) is 0 Å². The zero-order valence-corrected chi connectivity index (χ0v) is 13.5. The van der Waals surface area contributed by atoms with E-state index in [-0.39, 0.29) is 24.3 Å². The lowest BCUT2D eigenvalue weighted by Crippen LogP contribution is -2.27. The van der Waals surface area contributed by atoms with Crippen LogP contribution in [0.5, 0.6) is 0 Å². The van der Waals surface area contributed by atoms with E-state index in [0.29, 0.717) is 12.8 Å². The Balaban J connectivity index is 2.27. The van der Waals surface area contributed by atoms with Gasteiger partial charge in [-0.3, -0.25) is 4.68 Å². The standard InChI is InChI=1S/C14H21BrF2N2/c1-9-11(13(2,3)4)18-19(12(9)15)10-5-7-14(16,17)8-6-10/h10H,5-8H2,1-4H3. The van der Waals surface area contributed by atoms with Crippen molar-refractivity contribution in [3.05, 3.63) is 15.9 Å². The first kappa shape index (κ1) is 14.9. The highest BCUT2D eigenvalue weighted by molar-refractivity contribution is 9.10. The molecule has 19 heavy (non-hydrogen) atoms. The van der Waals surface area contributed by atoms with Gasteiger partial charge in [0, 0.05) is 23.8 Å². The minimum atomic E-state index is -2.49. The normalized spacial score (nSPS) is 20.8. The van der Waals surface area contributed by atoms with Crippen molar-refractivity contribution >= 4 is 15.9 Å². The van der Waals surface area contributed by atoms with Crippen molar-refractivity contribution in [2.24, 2.45) is 0 Å². The number of hydrogen-bond acceptors (Lipinski definition) is 1. The summed E-state index contributed by atoms with van der Waals surface area (Å²) >= 11 is 3.57. The van der Waals surface area contributed by atoms with Gasteiger partial charge in [0.25, 0.3) is 0 Å². The van der Waals surface area contributed by atoms with Crippen LogP contribution in [0.1, 0.15) is 63.8 Å². The van der Waals surface area contributed by atoms with Crippen LogP contribution in [-0.2, 0) is 5.41 Å². The van der Waals surface area contributed by atoms with E-state index in [2.05, 4.69) is 41.8 Å². The molecule has 0 spiro atoms. The summed E-state index contributed by atoms with van der Waals surface area (Å²) in [5.74, 6) is -2.49. The largest absolute Gasteiger partial charge is 0.255 e. The third kappa shape index (κ3) is 3.01. The van der Waals surface area contributed by atoms with Crippen molar-refractivity contribution in [3.63, 3.8) is 0 Å². The molecule has 2 rings (SSSR count). The van der Waals surface area contributed by atoms with Crippen molar-refractivity contribution in [2.45, 2.75) is 70.8 Å². The number of alkyl halides is 2. The minimum Gasteiger partial charge on any atom is -0.255 e. The summed E-state index contributed by atoms with van der Waals surface area (Å²) in [5, 5.41) is 4.68. The summed E-state index contributed by atoms with van der Waals surface area (Å²) in [6, 6.07) is 0.0869. The Morgan fingerprint density at radius 2 is 1.79 bits per heavy atom. The van der Waals surface area contributed by atoms with Crippen molar-refractivity contribution in [1.82, 2.24) is 9.78 Å². The third-order valence-electron chi connectivity index (χ3n) is 3.82. The van der Waals surface area contributed by atoms with E-state index < -0.39 is 5.92 Å². The summed E-state index contributed by atoms with van der Waals surface area (Å²) in [7, 11) is 0. The number of halogens is 3. The minimum absolute atomic E-state index is 0.0313. The maximum atomic E-state index is 13.2. The molecule has 1 heterocycles. The molecule has 1 saturated carbocycles. The molecular weight excluding hydrogens is 314 g/mol. The van der Waals surface area contributed by atoms with E-state index in [0.717, 1.165) is 15.9 Å². The Morgan fingerprint density at radius 1 is 1.26 bits per heavy atom. The monoisotopic (exact) mass is 334 g/mol. The van der Waals surface area contributed by atoms with Crippen LogP contribution in [0.3, 0.4) is 0 Å². The molecule has 0 aliphatic heterocycles. The second-order valence-corrected chi connectivity index (χ2v) is 7.30. The van der Waals surface area contributed by atoms with Gasteiger partial charge in [-0.15, -0.1) is 0 Å². The highest BCUT2D eigenvalue weighted by atomic mass is 79.9. The lowest BCUT2D eigenvalue weighted by atomic mass is 9.90. The van der Waals surface area contributed by atoms with Crippen LogP contribution in [0.25, 0.3) is 0 Å². The lowest BCUT2D eigenvalue weighted by molar-refractivity contribution is -0.0452. The quantitative estimate of drug-likeness (QED) is 0.706. The van der Waals surface area contributed by atoms with Crippen LogP contribution < -0.4 is 0 Å². The molecule has 0 unspecified atom stereocenters. The summed E-state index contributed by atoms with van der Waals surface area (Å²) in [6.45, 7) is 8.39. The average Bonchev–Trinajstić information content (AvgIpc) is 2.56. The third-order valence-corrected chi connectivity index (χ3v) is 4.77. The van der Waals surface area contributed by atoms with Crippen molar-refractivity contribution in [2.75, 3.05) is 0 Å². The number of rotatable bonds is 1. The van der Waals surface area contributed by atoms with E-state index >= 15 is 0 Å². The molecular formula is C14H21BrF2N2. The predicted octanol–water partition coefficient (Wildman–Crippen LogP) is 5.00. The topological polar surface area (TPSA) is 17.8 Å². The first-order valence-electron chi connectivity index (χ1n) is 6.75. The van der Waals surface area contributed by atoms with Gasteiger partial charge in [-0.05, 0) is 35.7 Å².